The number of fused-ring (bicyclic) bond motifs is 1. The summed E-state index contributed by atoms with van der Waals surface area (Å²) in [5.74, 6) is -1.60. The van der Waals surface area contributed by atoms with Gasteiger partial charge in [-0.2, -0.15) is 13.2 Å². The van der Waals surface area contributed by atoms with Crippen LogP contribution in [0.5, 0.6) is 11.5 Å². The van der Waals surface area contributed by atoms with E-state index in [0.717, 1.165) is 43.9 Å². The van der Waals surface area contributed by atoms with E-state index in [-0.39, 0.29) is 12.7 Å². The van der Waals surface area contributed by atoms with Gasteiger partial charge < -0.3 is 24.8 Å². The van der Waals surface area contributed by atoms with E-state index in [1.54, 1.807) is 18.2 Å². The quantitative estimate of drug-likeness (QED) is 0.465. The van der Waals surface area contributed by atoms with Crippen molar-refractivity contribution in [2.75, 3.05) is 40.0 Å². The van der Waals surface area contributed by atoms with Crippen LogP contribution in [0, 0.1) is 0 Å². The number of nitrogens with zero attached hydrogens (tertiary/aromatic N) is 2. The van der Waals surface area contributed by atoms with Crippen LogP contribution in [0.2, 0.25) is 0 Å². The number of carboxylic acid groups (broad SMARTS) is 1. The largest absolute Gasteiger partial charge is 0.490 e. The zero-order valence-corrected chi connectivity index (χ0v) is 21.9. The van der Waals surface area contributed by atoms with Crippen LogP contribution in [-0.4, -0.2) is 73.0 Å². The molecule has 0 radical (unpaired) electrons. The van der Waals surface area contributed by atoms with Gasteiger partial charge in [-0.3, -0.25) is 9.69 Å². The maximum absolute atomic E-state index is 12.6. The lowest BCUT2D eigenvalue weighted by molar-refractivity contribution is -0.192. The number of ether oxygens (including phenoxy) is 2. The van der Waals surface area contributed by atoms with Crippen molar-refractivity contribution in [3.8, 4) is 22.6 Å². The van der Waals surface area contributed by atoms with Crippen LogP contribution in [-0.2, 0) is 17.9 Å². The normalized spacial score (nSPS) is 15.2. The molecule has 0 aliphatic carbocycles. The van der Waals surface area contributed by atoms with E-state index in [4.69, 9.17) is 19.4 Å². The number of carbonyl (C=O) groups is 2. The number of alkyl halides is 3. The fourth-order valence-electron chi connectivity index (χ4n) is 4.30. The molecule has 2 aliphatic heterocycles. The van der Waals surface area contributed by atoms with Crippen LogP contribution in [0.25, 0.3) is 11.1 Å². The van der Waals surface area contributed by atoms with E-state index in [1.807, 2.05) is 12.1 Å². The van der Waals surface area contributed by atoms with Crippen molar-refractivity contribution in [1.82, 2.24) is 15.1 Å². The second kappa shape index (κ2) is 12.8. The van der Waals surface area contributed by atoms with Gasteiger partial charge >= 0.3 is 12.1 Å². The maximum Gasteiger partial charge on any atom is 0.490 e. The number of benzene rings is 3. The Labute approximate surface area is 229 Å². The molecule has 212 valence electrons. The van der Waals surface area contributed by atoms with Gasteiger partial charge in [-0.1, -0.05) is 36.4 Å². The molecule has 0 aromatic heterocycles. The summed E-state index contributed by atoms with van der Waals surface area (Å²) in [5.41, 5.74) is 5.31. The number of hydrogen-bond acceptors (Lipinski definition) is 6. The molecule has 2 heterocycles. The van der Waals surface area contributed by atoms with Crippen molar-refractivity contribution < 1.29 is 37.3 Å². The number of hydrogen-bond donors (Lipinski definition) is 2. The zero-order valence-electron chi connectivity index (χ0n) is 21.9. The lowest BCUT2D eigenvalue weighted by Gasteiger charge is -2.32. The second-order valence-corrected chi connectivity index (χ2v) is 9.53. The van der Waals surface area contributed by atoms with Crippen LogP contribution in [0.1, 0.15) is 21.5 Å². The van der Waals surface area contributed by atoms with Gasteiger partial charge in [0.1, 0.15) is 0 Å². The number of likely N-dealkylation sites (N-methyl/N-ethyl adjacent to an activating group) is 1. The standard InChI is InChI=1S/C27H29N3O3.C2HF3O2/c1-29-10-12-30(13-11-29)18-21-5-3-7-23(15-21)22-6-2-4-20(14-22)17-28-27(31)24-8-9-25-26(16-24)33-19-32-25;3-2(4,5)1(6)7/h2-9,14-16H,10-13,17-19H2,1H3,(H,28,31);(H,6,7). The minimum absolute atomic E-state index is 0.132. The smallest absolute Gasteiger partial charge is 0.475 e. The van der Waals surface area contributed by atoms with Crippen molar-refractivity contribution in [2.24, 2.45) is 0 Å². The van der Waals surface area contributed by atoms with Gasteiger partial charge in [0, 0.05) is 44.8 Å². The van der Waals surface area contributed by atoms with Crippen molar-refractivity contribution >= 4 is 11.9 Å². The highest BCUT2D eigenvalue weighted by Gasteiger charge is 2.38. The average molecular weight is 558 g/mol. The Bertz CT molecular complexity index is 1340. The first-order valence-corrected chi connectivity index (χ1v) is 12.7. The fourth-order valence-corrected chi connectivity index (χ4v) is 4.30. The Morgan fingerprint density at radius 2 is 1.48 bits per heavy atom. The highest BCUT2D eigenvalue weighted by Crippen LogP contribution is 2.32. The number of amides is 1. The van der Waals surface area contributed by atoms with Crippen molar-refractivity contribution in [3.63, 3.8) is 0 Å². The van der Waals surface area contributed by atoms with Gasteiger partial charge in [0.25, 0.3) is 5.91 Å². The maximum atomic E-state index is 12.6. The molecule has 2 N–H and O–H groups in total. The molecule has 2 aliphatic rings. The molecule has 1 amide bonds. The summed E-state index contributed by atoms with van der Waals surface area (Å²) in [6.07, 6.45) is -5.08. The highest BCUT2D eigenvalue weighted by molar-refractivity contribution is 5.94. The molecule has 8 nitrogen and oxygen atoms in total. The summed E-state index contributed by atoms with van der Waals surface area (Å²) in [4.78, 5) is 26.4. The predicted octanol–water partition coefficient (Wildman–Crippen LogP) is 4.39. The van der Waals surface area contributed by atoms with E-state index >= 15 is 0 Å². The van der Waals surface area contributed by atoms with Crippen LogP contribution < -0.4 is 14.8 Å². The molecule has 11 heteroatoms. The summed E-state index contributed by atoms with van der Waals surface area (Å²) in [6.45, 7) is 6.11. The monoisotopic (exact) mass is 557 g/mol. The number of carbonyl (C=O) groups excluding carboxylic acids is 1. The van der Waals surface area contributed by atoms with Crippen molar-refractivity contribution in [3.05, 3.63) is 83.4 Å². The van der Waals surface area contributed by atoms with Gasteiger partial charge in [-0.05, 0) is 59.6 Å². The van der Waals surface area contributed by atoms with Gasteiger partial charge in [-0.25, -0.2) is 4.79 Å². The van der Waals surface area contributed by atoms with Gasteiger partial charge in [-0.15, -0.1) is 0 Å². The number of aliphatic carboxylic acids is 1. The lowest BCUT2D eigenvalue weighted by Crippen LogP contribution is -2.43. The molecule has 0 saturated carbocycles. The molecule has 3 aromatic rings. The fraction of sp³-hybridized carbons (Fsp3) is 0.310. The number of nitrogens with one attached hydrogen (secondary N) is 1. The molecule has 3 aromatic carbocycles. The minimum Gasteiger partial charge on any atom is -0.475 e. The molecule has 0 spiro atoms. The third-order valence-corrected chi connectivity index (χ3v) is 6.52. The van der Waals surface area contributed by atoms with E-state index in [2.05, 4.69) is 58.6 Å². The predicted molar refractivity (Wildman–Crippen MR) is 142 cm³/mol. The van der Waals surface area contributed by atoms with Gasteiger partial charge in [0.2, 0.25) is 6.79 Å². The second-order valence-electron chi connectivity index (χ2n) is 9.53. The number of halogens is 3. The van der Waals surface area contributed by atoms with E-state index in [9.17, 15) is 18.0 Å². The molecule has 1 fully saturated rings. The Kier molecular flexibility index (Phi) is 9.28. The summed E-state index contributed by atoms with van der Waals surface area (Å²) in [5, 5.41) is 10.1. The Morgan fingerprint density at radius 3 is 2.12 bits per heavy atom. The molecule has 1 saturated heterocycles. The van der Waals surface area contributed by atoms with Gasteiger partial charge in [0.15, 0.2) is 11.5 Å². The zero-order chi connectivity index (χ0) is 28.7. The first kappa shape index (κ1) is 28.9. The number of carboxylic acids is 1. The van der Waals surface area contributed by atoms with Crippen LogP contribution >= 0.6 is 0 Å². The van der Waals surface area contributed by atoms with Crippen LogP contribution in [0.4, 0.5) is 13.2 Å². The number of rotatable bonds is 6. The summed E-state index contributed by atoms with van der Waals surface area (Å²) >= 11 is 0. The number of piperazine rings is 1. The summed E-state index contributed by atoms with van der Waals surface area (Å²) in [6, 6.07) is 22.4. The molecule has 0 unspecified atom stereocenters. The first-order chi connectivity index (χ1) is 19.1. The lowest BCUT2D eigenvalue weighted by atomic mass is 10.0. The van der Waals surface area contributed by atoms with E-state index < -0.39 is 12.1 Å². The molecular formula is C29H30F3N3O5. The summed E-state index contributed by atoms with van der Waals surface area (Å²) in [7, 11) is 2.18. The highest BCUT2D eigenvalue weighted by atomic mass is 19.4. The molecule has 40 heavy (non-hydrogen) atoms. The van der Waals surface area contributed by atoms with E-state index in [0.29, 0.717) is 23.6 Å². The Hall–Kier alpha value is -4.09. The first-order valence-electron chi connectivity index (χ1n) is 12.7. The molecule has 5 rings (SSSR count). The molecule has 0 atom stereocenters. The van der Waals surface area contributed by atoms with Crippen LogP contribution in [0.3, 0.4) is 0 Å². The molecular weight excluding hydrogens is 527 g/mol. The average Bonchev–Trinajstić information content (AvgIpc) is 3.41. The van der Waals surface area contributed by atoms with Crippen molar-refractivity contribution in [1.29, 1.82) is 0 Å². The van der Waals surface area contributed by atoms with Crippen molar-refractivity contribution in [2.45, 2.75) is 19.3 Å². The SMILES string of the molecule is CN1CCN(Cc2cccc(-c3cccc(CNC(=O)c4ccc5c(c4)OCO5)c3)c2)CC1.O=C(O)C(F)(F)F. The van der Waals surface area contributed by atoms with E-state index in [1.165, 1.54) is 11.1 Å². The third kappa shape index (κ3) is 7.96. The minimum atomic E-state index is -5.08. The summed E-state index contributed by atoms with van der Waals surface area (Å²) < 4.78 is 42.4. The molecule has 0 bridgehead atoms. The van der Waals surface area contributed by atoms with Crippen LogP contribution in [0.15, 0.2) is 66.7 Å². The van der Waals surface area contributed by atoms with Gasteiger partial charge in [0.05, 0.1) is 0 Å². The third-order valence-electron chi connectivity index (χ3n) is 6.52. The topological polar surface area (TPSA) is 91.3 Å². The Morgan fingerprint density at radius 1 is 0.875 bits per heavy atom. The Balaban J connectivity index is 0.000000470.